The normalized spacial score (nSPS) is 18.6. The summed E-state index contributed by atoms with van der Waals surface area (Å²) in [6.07, 6.45) is 0. The highest BCUT2D eigenvalue weighted by molar-refractivity contribution is 9.10. The van der Waals surface area contributed by atoms with E-state index in [0.717, 1.165) is 42.0 Å². The Morgan fingerprint density at radius 1 is 1.44 bits per heavy atom. The lowest BCUT2D eigenvalue weighted by molar-refractivity contribution is 0.145. The van der Waals surface area contributed by atoms with E-state index < -0.39 is 6.67 Å². The van der Waals surface area contributed by atoms with Crippen molar-refractivity contribution >= 4 is 15.9 Å². The average molecular weight is 317 g/mol. The lowest BCUT2D eigenvalue weighted by atomic mass is 10.0. The SMILES string of the molecule is COc1cc(Br)ccc1[C@H](CF)N1CCNCC1. The number of alkyl halides is 1. The second-order valence-corrected chi connectivity index (χ2v) is 5.26. The van der Waals surface area contributed by atoms with Crippen molar-refractivity contribution in [2.45, 2.75) is 6.04 Å². The van der Waals surface area contributed by atoms with Crippen molar-refractivity contribution in [3.63, 3.8) is 0 Å². The van der Waals surface area contributed by atoms with E-state index in [4.69, 9.17) is 4.74 Å². The molecule has 0 spiro atoms. The molecule has 1 atom stereocenters. The zero-order valence-electron chi connectivity index (χ0n) is 10.5. The second-order valence-electron chi connectivity index (χ2n) is 4.34. The van der Waals surface area contributed by atoms with Gasteiger partial charge in [-0.2, -0.15) is 0 Å². The number of ether oxygens (including phenoxy) is 1. The molecule has 0 aliphatic carbocycles. The standard InChI is InChI=1S/C13H18BrFN2O/c1-18-13-8-10(14)2-3-11(13)12(9-15)17-6-4-16-5-7-17/h2-3,8,12,16H,4-7,9H2,1H3/t12-/m0/s1. The van der Waals surface area contributed by atoms with Gasteiger partial charge >= 0.3 is 0 Å². The number of piperazine rings is 1. The summed E-state index contributed by atoms with van der Waals surface area (Å²) in [7, 11) is 1.62. The lowest BCUT2D eigenvalue weighted by Crippen LogP contribution is -2.45. The van der Waals surface area contributed by atoms with Crippen LogP contribution in [0.1, 0.15) is 11.6 Å². The summed E-state index contributed by atoms with van der Waals surface area (Å²) in [6, 6.07) is 5.55. The Morgan fingerprint density at radius 2 is 2.17 bits per heavy atom. The van der Waals surface area contributed by atoms with E-state index in [1.54, 1.807) is 7.11 Å². The Labute approximate surface area is 115 Å². The van der Waals surface area contributed by atoms with Gasteiger partial charge in [0.05, 0.1) is 13.2 Å². The van der Waals surface area contributed by atoms with E-state index in [1.807, 2.05) is 18.2 Å². The van der Waals surface area contributed by atoms with Crippen LogP contribution in [0.5, 0.6) is 5.75 Å². The lowest BCUT2D eigenvalue weighted by Gasteiger charge is -2.34. The predicted octanol–water partition coefficient (Wildman–Crippen LogP) is 2.37. The van der Waals surface area contributed by atoms with Crippen molar-refractivity contribution < 1.29 is 9.13 Å². The summed E-state index contributed by atoms with van der Waals surface area (Å²) in [5.74, 6) is 0.741. The topological polar surface area (TPSA) is 24.5 Å². The first-order valence-corrected chi connectivity index (χ1v) is 6.89. The minimum absolute atomic E-state index is 0.213. The number of benzene rings is 1. The molecular formula is C13H18BrFN2O. The van der Waals surface area contributed by atoms with Crippen LogP contribution in [0.2, 0.25) is 0 Å². The largest absolute Gasteiger partial charge is 0.496 e. The van der Waals surface area contributed by atoms with Crippen LogP contribution in [0.25, 0.3) is 0 Å². The van der Waals surface area contributed by atoms with Gasteiger partial charge in [-0.15, -0.1) is 0 Å². The number of nitrogens with one attached hydrogen (secondary N) is 1. The molecule has 1 heterocycles. The predicted molar refractivity (Wildman–Crippen MR) is 73.9 cm³/mol. The third-order valence-electron chi connectivity index (χ3n) is 3.29. The maximum atomic E-state index is 13.4. The van der Waals surface area contributed by atoms with E-state index in [2.05, 4.69) is 26.1 Å². The first-order valence-electron chi connectivity index (χ1n) is 6.10. The van der Waals surface area contributed by atoms with E-state index in [-0.39, 0.29) is 6.04 Å². The van der Waals surface area contributed by atoms with Gasteiger partial charge < -0.3 is 10.1 Å². The van der Waals surface area contributed by atoms with Crippen LogP contribution in [0.4, 0.5) is 4.39 Å². The Balaban J connectivity index is 2.25. The summed E-state index contributed by atoms with van der Waals surface area (Å²) >= 11 is 3.41. The molecule has 1 N–H and O–H groups in total. The highest BCUT2D eigenvalue weighted by Gasteiger charge is 2.24. The van der Waals surface area contributed by atoms with Crippen molar-refractivity contribution in [1.82, 2.24) is 10.2 Å². The minimum Gasteiger partial charge on any atom is -0.496 e. The number of rotatable bonds is 4. The van der Waals surface area contributed by atoms with Crippen molar-refractivity contribution in [2.75, 3.05) is 40.0 Å². The number of halogens is 2. The Morgan fingerprint density at radius 3 is 2.78 bits per heavy atom. The van der Waals surface area contributed by atoms with Gasteiger partial charge in [-0.25, -0.2) is 4.39 Å². The molecule has 1 aliphatic heterocycles. The van der Waals surface area contributed by atoms with Gasteiger partial charge in [0.1, 0.15) is 12.4 Å². The van der Waals surface area contributed by atoms with Gasteiger partial charge in [-0.05, 0) is 12.1 Å². The summed E-state index contributed by atoms with van der Waals surface area (Å²) in [4.78, 5) is 2.17. The maximum Gasteiger partial charge on any atom is 0.124 e. The molecule has 0 amide bonds. The molecule has 1 fully saturated rings. The van der Waals surface area contributed by atoms with Gasteiger partial charge in [0.15, 0.2) is 0 Å². The van der Waals surface area contributed by atoms with E-state index in [1.165, 1.54) is 0 Å². The first-order chi connectivity index (χ1) is 8.76. The maximum absolute atomic E-state index is 13.4. The second kappa shape index (κ2) is 6.50. The molecule has 0 radical (unpaired) electrons. The zero-order valence-corrected chi connectivity index (χ0v) is 12.0. The fraction of sp³-hybridized carbons (Fsp3) is 0.538. The molecular weight excluding hydrogens is 299 g/mol. The Hall–Kier alpha value is -0.650. The number of hydrogen-bond acceptors (Lipinski definition) is 3. The van der Waals surface area contributed by atoms with Crippen LogP contribution >= 0.6 is 15.9 Å². The van der Waals surface area contributed by atoms with Gasteiger partial charge in [-0.3, -0.25) is 4.90 Å². The van der Waals surface area contributed by atoms with E-state index in [9.17, 15) is 4.39 Å². The van der Waals surface area contributed by atoms with Gasteiger partial charge in [0.25, 0.3) is 0 Å². The number of hydrogen-bond donors (Lipinski definition) is 1. The van der Waals surface area contributed by atoms with Crippen LogP contribution in [0.15, 0.2) is 22.7 Å². The fourth-order valence-electron chi connectivity index (χ4n) is 2.33. The van der Waals surface area contributed by atoms with Crippen LogP contribution in [0, 0.1) is 0 Å². The molecule has 5 heteroatoms. The summed E-state index contributed by atoms with van der Waals surface area (Å²) in [5, 5.41) is 3.28. The molecule has 0 aromatic heterocycles. The van der Waals surface area contributed by atoms with Gasteiger partial charge in [-0.1, -0.05) is 22.0 Å². The Kier molecular flexibility index (Phi) is 4.97. The quantitative estimate of drug-likeness (QED) is 0.923. The third kappa shape index (κ3) is 3.02. The summed E-state index contributed by atoms with van der Waals surface area (Å²) < 4.78 is 19.7. The zero-order chi connectivity index (χ0) is 13.0. The molecule has 1 saturated heterocycles. The fourth-order valence-corrected chi connectivity index (χ4v) is 2.67. The van der Waals surface area contributed by atoms with Crippen molar-refractivity contribution in [3.8, 4) is 5.75 Å². The van der Waals surface area contributed by atoms with Crippen LogP contribution in [0.3, 0.4) is 0 Å². The highest BCUT2D eigenvalue weighted by atomic mass is 79.9. The molecule has 1 aromatic rings. The summed E-state index contributed by atoms with van der Waals surface area (Å²) in [6.45, 7) is 3.17. The van der Waals surface area contributed by atoms with Crippen LogP contribution in [-0.4, -0.2) is 44.9 Å². The third-order valence-corrected chi connectivity index (χ3v) is 3.79. The highest BCUT2D eigenvalue weighted by Crippen LogP contribution is 2.32. The average Bonchev–Trinajstić information content (AvgIpc) is 2.42. The number of methoxy groups -OCH3 is 1. The first kappa shape index (κ1) is 13.8. The number of nitrogens with zero attached hydrogens (tertiary/aromatic N) is 1. The molecule has 1 aromatic carbocycles. The molecule has 0 saturated carbocycles. The minimum atomic E-state index is -0.391. The van der Waals surface area contributed by atoms with Crippen molar-refractivity contribution in [3.05, 3.63) is 28.2 Å². The monoisotopic (exact) mass is 316 g/mol. The molecule has 0 bridgehead atoms. The van der Waals surface area contributed by atoms with Crippen molar-refractivity contribution in [2.24, 2.45) is 0 Å². The molecule has 1 aliphatic rings. The molecule has 3 nitrogen and oxygen atoms in total. The summed E-state index contributed by atoms with van der Waals surface area (Å²) in [5.41, 5.74) is 0.921. The molecule has 18 heavy (non-hydrogen) atoms. The van der Waals surface area contributed by atoms with E-state index >= 15 is 0 Å². The molecule has 2 rings (SSSR count). The molecule has 0 unspecified atom stereocenters. The van der Waals surface area contributed by atoms with Gasteiger partial charge in [0.2, 0.25) is 0 Å². The Bertz CT molecular complexity index is 397. The smallest absolute Gasteiger partial charge is 0.124 e. The van der Waals surface area contributed by atoms with Crippen LogP contribution in [-0.2, 0) is 0 Å². The van der Waals surface area contributed by atoms with E-state index in [0.29, 0.717) is 0 Å². The van der Waals surface area contributed by atoms with Gasteiger partial charge in [0, 0.05) is 36.2 Å². The molecule has 100 valence electrons. The van der Waals surface area contributed by atoms with Crippen LogP contribution < -0.4 is 10.1 Å². The van der Waals surface area contributed by atoms with Crippen molar-refractivity contribution in [1.29, 1.82) is 0 Å².